The summed E-state index contributed by atoms with van der Waals surface area (Å²) in [6.07, 6.45) is 11.4. The molecule has 0 nitrogen and oxygen atoms in total. The summed E-state index contributed by atoms with van der Waals surface area (Å²) in [7, 11) is 0. The number of allylic oxidation sites excluding steroid dienone is 3. The first kappa shape index (κ1) is 13.7. The maximum atomic E-state index is 2.51. The van der Waals surface area contributed by atoms with Crippen molar-refractivity contribution >= 4 is 6.08 Å². The van der Waals surface area contributed by atoms with Crippen molar-refractivity contribution < 1.29 is 0 Å². The largest absolute Gasteiger partial charge is 0.0859 e. The van der Waals surface area contributed by atoms with E-state index in [2.05, 4.69) is 57.2 Å². The van der Waals surface area contributed by atoms with Gasteiger partial charge in [0.2, 0.25) is 0 Å². The number of benzene rings is 1. The summed E-state index contributed by atoms with van der Waals surface area (Å²) in [4.78, 5) is 0. The molecule has 2 aliphatic rings. The van der Waals surface area contributed by atoms with Gasteiger partial charge >= 0.3 is 0 Å². The molecule has 0 saturated heterocycles. The molecular formula is C20H26. The molecule has 0 unspecified atom stereocenters. The van der Waals surface area contributed by atoms with Crippen LogP contribution >= 0.6 is 0 Å². The zero-order valence-corrected chi connectivity index (χ0v) is 13.1. The molecule has 0 spiro atoms. The van der Waals surface area contributed by atoms with E-state index in [9.17, 15) is 0 Å². The SMILES string of the molecule is CC(C)=CCC[C@]1(C)c2ccccc2C=C2CCC[C@H]21. The highest BCUT2D eigenvalue weighted by atomic mass is 14.5. The van der Waals surface area contributed by atoms with Crippen molar-refractivity contribution in [3.8, 4) is 0 Å². The number of fused-ring (bicyclic) bond motifs is 2. The zero-order chi connectivity index (χ0) is 14.2. The molecule has 1 aromatic carbocycles. The lowest BCUT2D eigenvalue weighted by atomic mass is 9.63. The lowest BCUT2D eigenvalue weighted by molar-refractivity contribution is 0.313. The second kappa shape index (κ2) is 5.24. The number of rotatable bonds is 3. The van der Waals surface area contributed by atoms with Crippen LogP contribution in [-0.2, 0) is 5.41 Å². The molecule has 1 aromatic rings. The van der Waals surface area contributed by atoms with Gasteiger partial charge in [0.15, 0.2) is 0 Å². The van der Waals surface area contributed by atoms with E-state index in [1.54, 1.807) is 11.1 Å². The Labute approximate surface area is 123 Å². The maximum absolute atomic E-state index is 2.51. The lowest BCUT2D eigenvalue weighted by Gasteiger charge is -2.41. The fourth-order valence-electron chi connectivity index (χ4n) is 4.27. The van der Waals surface area contributed by atoms with Gasteiger partial charge in [-0.05, 0) is 68.4 Å². The van der Waals surface area contributed by atoms with E-state index in [1.807, 2.05) is 0 Å². The van der Waals surface area contributed by atoms with Gasteiger partial charge in [0.1, 0.15) is 0 Å². The first-order chi connectivity index (χ1) is 9.61. The Hall–Kier alpha value is -1.30. The molecule has 106 valence electrons. The van der Waals surface area contributed by atoms with Crippen LogP contribution in [-0.4, -0.2) is 0 Å². The van der Waals surface area contributed by atoms with Crippen molar-refractivity contribution in [3.05, 3.63) is 52.6 Å². The summed E-state index contributed by atoms with van der Waals surface area (Å²) in [5.74, 6) is 0.781. The molecule has 0 N–H and O–H groups in total. The lowest BCUT2D eigenvalue weighted by Crippen LogP contribution is -2.34. The molecule has 0 amide bonds. The van der Waals surface area contributed by atoms with Gasteiger partial charge in [0.05, 0.1) is 0 Å². The van der Waals surface area contributed by atoms with Gasteiger partial charge in [-0.1, -0.05) is 54.5 Å². The van der Waals surface area contributed by atoms with Crippen LogP contribution in [0.25, 0.3) is 6.08 Å². The molecule has 0 heterocycles. The Kier molecular flexibility index (Phi) is 3.58. The fourth-order valence-corrected chi connectivity index (χ4v) is 4.27. The zero-order valence-electron chi connectivity index (χ0n) is 13.1. The Morgan fingerprint density at radius 1 is 1.30 bits per heavy atom. The Bertz CT molecular complexity index is 557. The van der Waals surface area contributed by atoms with E-state index >= 15 is 0 Å². The van der Waals surface area contributed by atoms with Gasteiger partial charge in [-0.2, -0.15) is 0 Å². The van der Waals surface area contributed by atoms with E-state index in [1.165, 1.54) is 43.2 Å². The standard InChI is InChI=1S/C20H26/c1-15(2)8-7-13-20(3)18-11-5-4-9-16(18)14-17-10-6-12-19(17)20/h4-5,8-9,11,14,19H,6-7,10,12-13H2,1-3H3/t19-,20-/m1/s1. The van der Waals surface area contributed by atoms with Crippen molar-refractivity contribution in [2.24, 2.45) is 5.92 Å². The summed E-state index contributed by atoms with van der Waals surface area (Å²) in [5.41, 5.74) is 6.55. The second-order valence-electron chi connectivity index (χ2n) is 6.99. The highest BCUT2D eigenvalue weighted by Gasteiger charge is 2.42. The van der Waals surface area contributed by atoms with Gasteiger partial charge < -0.3 is 0 Å². The maximum Gasteiger partial charge on any atom is -0.0000918 e. The van der Waals surface area contributed by atoms with Crippen molar-refractivity contribution in [3.63, 3.8) is 0 Å². The average Bonchev–Trinajstić information content (AvgIpc) is 2.88. The molecule has 0 heteroatoms. The number of hydrogen-bond donors (Lipinski definition) is 0. The molecule has 2 aliphatic carbocycles. The van der Waals surface area contributed by atoms with Crippen LogP contribution in [0, 0.1) is 5.92 Å². The van der Waals surface area contributed by atoms with E-state index in [-0.39, 0.29) is 0 Å². The molecule has 20 heavy (non-hydrogen) atoms. The fraction of sp³-hybridized carbons (Fsp3) is 0.500. The van der Waals surface area contributed by atoms with Crippen molar-refractivity contribution in [1.82, 2.24) is 0 Å². The van der Waals surface area contributed by atoms with Gasteiger partial charge in [0.25, 0.3) is 0 Å². The Morgan fingerprint density at radius 3 is 2.90 bits per heavy atom. The van der Waals surface area contributed by atoms with Gasteiger partial charge in [-0.3, -0.25) is 0 Å². The van der Waals surface area contributed by atoms with Crippen LogP contribution in [0.4, 0.5) is 0 Å². The molecule has 0 bridgehead atoms. The topological polar surface area (TPSA) is 0 Å². The molecule has 0 aromatic heterocycles. The van der Waals surface area contributed by atoms with E-state index in [0.717, 1.165) is 5.92 Å². The van der Waals surface area contributed by atoms with Crippen LogP contribution in [0.3, 0.4) is 0 Å². The Morgan fingerprint density at radius 2 is 2.10 bits per heavy atom. The monoisotopic (exact) mass is 266 g/mol. The highest BCUT2D eigenvalue weighted by molar-refractivity contribution is 5.64. The van der Waals surface area contributed by atoms with Crippen LogP contribution in [0.15, 0.2) is 41.5 Å². The van der Waals surface area contributed by atoms with Crippen molar-refractivity contribution in [2.75, 3.05) is 0 Å². The van der Waals surface area contributed by atoms with Crippen molar-refractivity contribution in [1.29, 1.82) is 0 Å². The van der Waals surface area contributed by atoms with E-state index in [0.29, 0.717) is 5.41 Å². The third-order valence-electron chi connectivity index (χ3n) is 5.31. The summed E-state index contributed by atoms with van der Waals surface area (Å²) < 4.78 is 0. The first-order valence-corrected chi connectivity index (χ1v) is 8.04. The molecule has 3 rings (SSSR count). The minimum Gasteiger partial charge on any atom is -0.0859 e. The predicted molar refractivity (Wildman–Crippen MR) is 87.8 cm³/mol. The van der Waals surface area contributed by atoms with Crippen LogP contribution < -0.4 is 0 Å². The van der Waals surface area contributed by atoms with E-state index in [4.69, 9.17) is 0 Å². The average molecular weight is 266 g/mol. The summed E-state index contributed by atoms with van der Waals surface area (Å²) >= 11 is 0. The molecule has 1 fully saturated rings. The summed E-state index contributed by atoms with van der Waals surface area (Å²) in [6.45, 7) is 6.92. The smallest absolute Gasteiger partial charge is 0.0000918 e. The summed E-state index contributed by atoms with van der Waals surface area (Å²) in [5, 5.41) is 0. The molecule has 0 radical (unpaired) electrons. The van der Waals surface area contributed by atoms with E-state index < -0.39 is 0 Å². The molecular weight excluding hydrogens is 240 g/mol. The highest BCUT2D eigenvalue weighted by Crippen LogP contribution is 2.52. The van der Waals surface area contributed by atoms with Crippen LogP contribution in [0.1, 0.15) is 64.0 Å². The minimum atomic E-state index is 0.336. The normalized spacial score (nSPS) is 27.6. The Balaban J connectivity index is 1.98. The molecule has 0 aliphatic heterocycles. The molecule has 2 atom stereocenters. The van der Waals surface area contributed by atoms with Gasteiger partial charge in [-0.15, -0.1) is 0 Å². The third-order valence-corrected chi connectivity index (χ3v) is 5.31. The molecule has 1 saturated carbocycles. The minimum absolute atomic E-state index is 0.336. The quantitative estimate of drug-likeness (QED) is 0.598. The third kappa shape index (κ3) is 2.26. The predicted octanol–water partition coefficient (Wildman–Crippen LogP) is 5.89. The van der Waals surface area contributed by atoms with Crippen molar-refractivity contribution in [2.45, 2.75) is 58.3 Å². The van der Waals surface area contributed by atoms with Gasteiger partial charge in [0, 0.05) is 0 Å². The second-order valence-corrected chi connectivity index (χ2v) is 6.99. The van der Waals surface area contributed by atoms with Crippen LogP contribution in [0.5, 0.6) is 0 Å². The van der Waals surface area contributed by atoms with Gasteiger partial charge in [-0.25, -0.2) is 0 Å². The summed E-state index contributed by atoms with van der Waals surface area (Å²) in [6, 6.07) is 9.06. The van der Waals surface area contributed by atoms with Crippen LogP contribution in [0.2, 0.25) is 0 Å². The number of hydrogen-bond acceptors (Lipinski definition) is 0. The first-order valence-electron chi connectivity index (χ1n) is 8.04.